The second-order valence-corrected chi connectivity index (χ2v) is 14.1. The lowest BCUT2D eigenvalue weighted by molar-refractivity contribution is 0.0958. The molecule has 0 unspecified atom stereocenters. The summed E-state index contributed by atoms with van der Waals surface area (Å²) in [7, 11) is -9.12. The Morgan fingerprint density at radius 1 is 0.816 bits per heavy atom. The second-order valence-electron chi connectivity index (χ2n) is 8.47. The summed E-state index contributed by atoms with van der Waals surface area (Å²) in [5.41, 5.74) is 1.17. The van der Waals surface area contributed by atoms with Crippen molar-refractivity contribution in [3.63, 3.8) is 0 Å². The van der Waals surface area contributed by atoms with E-state index >= 15 is 0 Å². The normalized spacial score (nSPS) is 13.7. The molecule has 0 spiro atoms. The van der Waals surface area contributed by atoms with E-state index in [-0.39, 0.29) is 27.1 Å². The van der Waals surface area contributed by atoms with Crippen LogP contribution in [0.25, 0.3) is 0 Å². The molecule has 1 amide bonds. The van der Waals surface area contributed by atoms with E-state index < -0.39 is 20.0 Å². The molecule has 0 aliphatic carbocycles. The molecule has 196 valence electrons. The summed E-state index contributed by atoms with van der Waals surface area (Å²) in [5.74, 6) is -0.148. The van der Waals surface area contributed by atoms with E-state index in [1.807, 2.05) is 0 Å². The van der Waals surface area contributed by atoms with Gasteiger partial charge in [0.15, 0.2) is 5.76 Å². The zero-order valence-corrected chi connectivity index (χ0v) is 24.4. The zero-order chi connectivity index (χ0) is 27.1. The van der Waals surface area contributed by atoms with Gasteiger partial charge in [-0.3, -0.25) is 4.79 Å². The maximum absolute atomic E-state index is 13.9. The Labute approximate surface area is 237 Å². The van der Waals surface area contributed by atoms with Crippen LogP contribution in [0, 0.1) is 0 Å². The molecule has 0 bridgehead atoms. The summed E-state index contributed by atoms with van der Waals surface area (Å²) in [6.45, 7) is 0.448. The van der Waals surface area contributed by atoms with E-state index in [2.05, 4.69) is 31.9 Å². The smallest absolute Gasteiger partial charge is 0.293 e. The van der Waals surface area contributed by atoms with Crippen LogP contribution in [0.3, 0.4) is 0 Å². The number of nitrogens with zero attached hydrogens (tertiary/aromatic N) is 2. The lowest BCUT2D eigenvalue weighted by atomic mass is 10.0. The van der Waals surface area contributed by atoms with Gasteiger partial charge in [0.05, 0.1) is 21.7 Å². The fourth-order valence-electron chi connectivity index (χ4n) is 4.25. The van der Waals surface area contributed by atoms with Crippen molar-refractivity contribution in [1.29, 1.82) is 0 Å². The fraction of sp³-hybridized carbons (Fsp3) is 0.115. The van der Waals surface area contributed by atoms with Gasteiger partial charge in [0.2, 0.25) is 0 Å². The molecular weight excluding hydrogens is 660 g/mol. The van der Waals surface area contributed by atoms with Gasteiger partial charge >= 0.3 is 0 Å². The van der Waals surface area contributed by atoms with Crippen LogP contribution in [0.1, 0.15) is 22.5 Å². The molecular formula is C26H20Br2N2O6S2. The van der Waals surface area contributed by atoms with Gasteiger partial charge in [0, 0.05) is 21.2 Å². The van der Waals surface area contributed by atoms with E-state index in [0.29, 0.717) is 43.3 Å². The van der Waals surface area contributed by atoms with Crippen LogP contribution in [-0.2, 0) is 26.5 Å². The van der Waals surface area contributed by atoms with Gasteiger partial charge in [-0.25, -0.2) is 16.8 Å². The first kappa shape index (κ1) is 26.7. The van der Waals surface area contributed by atoms with Crippen molar-refractivity contribution in [2.45, 2.75) is 22.6 Å². The maximum atomic E-state index is 13.9. The Hall–Kier alpha value is -2.93. The molecule has 0 saturated carbocycles. The average molecular weight is 680 g/mol. The lowest BCUT2D eigenvalue weighted by Gasteiger charge is -2.31. The molecule has 0 fully saturated rings. The Kier molecular flexibility index (Phi) is 7.25. The van der Waals surface area contributed by atoms with Crippen molar-refractivity contribution in [3.05, 3.63) is 105 Å². The van der Waals surface area contributed by atoms with Crippen LogP contribution in [0.5, 0.6) is 0 Å². The lowest BCUT2D eigenvalue weighted by Crippen LogP contribution is -2.38. The van der Waals surface area contributed by atoms with E-state index in [9.17, 15) is 21.6 Å². The number of anilines is 2. The van der Waals surface area contributed by atoms with Crippen molar-refractivity contribution in [2.24, 2.45) is 0 Å². The molecule has 5 rings (SSSR count). The number of furan rings is 1. The number of benzene rings is 3. The summed E-state index contributed by atoms with van der Waals surface area (Å²) in [4.78, 5) is 14.2. The van der Waals surface area contributed by atoms with Crippen LogP contribution in [0.2, 0.25) is 0 Å². The molecule has 0 N–H and O–H groups in total. The highest BCUT2D eigenvalue weighted by Gasteiger charge is 2.38. The van der Waals surface area contributed by atoms with Crippen LogP contribution in [0.4, 0.5) is 11.4 Å². The number of sulfonamides is 2. The number of fused-ring (bicyclic) bond motifs is 1. The van der Waals surface area contributed by atoms with Gasteiger partial charge in [-0.2, -0.15) is 3.71 Å². The van der Waals surface area contributed by atoms with Gasteiger partial charge in [-0.15, -0.1) is 0 Å². The van der Waals surface area contributed by atoms with E-state index in [4.69, 9.17) is 4.42 Å². The molecule has 1 aromatic heterocycles. The monoisotopic (exact) mass is 678 g/mol. The molecule has 12 heteroatoms. The Morgan fingerprint density at radius 2 is 1.39 bits per heavy atom. The number of amides is 1. The quantitative estimate of drug-likeness (QED) is 0.248. The predicted octanol–water partition coefficient (Wildman–Crippen LogP) is 5.98. The number of hydrogen-bond donors (Lipinski definition) is 0. The SMILES string of the molecule is O=C(c1ccco1)N1CCCc2cc(N(S(=O)(=O)c3ccc(Br)cc3)S(=O)(=O)c3ccc(Br)cc3)ccc21. The average Bonchev–Trinajstić information content (AvgIpc) is 3.43. The maximum Gasteiger partial charge on any atom is 0.293 e. The first-order valence-electron chi connectivity index (χ1n) is 11.4. The third-order valence-corrected chi connectivity index (χ3v) is 11.3. The Balaban J connectivity index is 1.65. The number of carbonyl (C=O) groups excluding carboxylic acids is 1. The van der Waals surface area contributed by atoms with Gasteiger partial charge in [0.25, 0.3) is 26.0 Å². The highest BCUT2D eigenvalue weighted by atomic mass is 79.9. The highest BCUT2D eigenvalue weighted by Crippen LogP contribution is 2.37. The minimum absolute atomic E-state index is 0.0538. The highest BCUT2D eigenvalue weighted by molar-refractivity contribution is 9.10. The van der Waals surface area contributed by atoms with Crippen LogP contribution >= 0.6 is 31.9 Å². The molecule has 8 nitrogen and oxygen atoms in total. The molecule has 1 aliphatic rings. The number of hydrogen-bond acceptors (Lipinski definition) is 6. The molecule has 4 aromatic rings. The molecule has 0 atom stereocenters. The molecule has 2 heterocycles. The first-order valence-corrected chi connectivity index (χ1v) is 15.9. The fourth-order valence-corrected chi connectivity index (χ4v) is 8.46. The van der Waals surface area contributed by atoms with Gasteiger partial charge in [-0.1, -0.05) is 31.9 Å². The number of aryl methyl sites for hydroxylation is 1. The topological polar surface area (TPSA) is 105 Å². The van der Waals surface area contributed by atoms with Gasteiger partial charge in [0.1, 0.15) is 0 Å². The van der Waals surface area contributed by atoms with E-state index in [1.165, 1.54) is 66.9 Å². The molecule has 0 radical (unpaired) electrons. The first-order chi connectivity index (χ1) is 18.1. The molecule has 38 heavy (non-hydrogen) atoms. The van der Waals surface area contributed by atoms with Crippen molar-refractivity contribution >= 4 is 69.2 Å². The summed E-state index contributed by atoms with van der Waals surface area (Å²) in [6, 6.07) is 19.2. The van der Waals surface area contributed by atoms with Crippen molar-refractivity contribution in [3.8, 4) is 0 Å². The summed E-state index contributed by atoms with van der Waals surface area (Å²) in [5, 5.41) is 0. The molecule has 0 saturated heterocycles. The summed E-state index contributed by atoms with van der Waals surface area (Å²) >= 11 is 6.56. The standard InChI is InChI=1S/C26H20Br2N2O6S2/c27-19-5-10-22(11-6-19)37(32,33)30(38(34,35)23-12-7-20(28)8-13-23)21-9-14-24-18(17-21)3-1-15-29(24)26(31)25-4-2-16-36-25/h2,4-14,16-17H,1,3,15H2. The van der Waals surface area contributed by atoms with Gasteiger partial charge in [-0.05, 0) is 97.3 Å². The van der Waals surface area contributed by atoms with E-state index in [0.717, 1.165) is 0 Å². The summed E-state index contributed by atoms with van der Waals surface area (Å²) < 4.78 is 62.5. The minimum atomic E-state index is -4.56. The third-order valence-electron chi connectivity index (χ3n) is 6.03. The largest absolute Gasteiger partial charge is 0.459 e. The van der Waals surface area contributed by atoms with E-state index in [1.54, 1.807) is 23.1 Å². The molecule has 1 aliphatic heterocycles. The predicted molar refractivity (Wildman–Crippen MR) is 150 cm³/mol. The number of carbonyl (C=O) groups is 1. The van der Waals surface area contributed by atoms with Crippen LogP contribution in [-0.4, -0.2) is 29.3 Å². The van der Waals surface area contributed by atoms with Crippen molar-refractivity contribution in [1.82, 2.24) is 0 Å². The Morgan fingerprint density at radius 3 is 1.92 bits per heavy atom. The van der Waals surface area contributed by atoms with Crippen LogP contribution in [0.15, 0.2) is 108 Å². The minimum Gasteiger partial charge on any atom is -0.459 e. The molecule has 3 aromatic carbocycles. The van der Waals surface area contributed by atoms with Gasteiger partial charge < -0.3 is 9.32 Å². The summed E-state index contributed by atoms with van der Waals surface area (Å²) in [6.07, 6.45) is 2.57. The number of rotatable bonds is 6. The van der Waals surface area contributed by atoms with Crippen molar-refractivity contribution < 1.29 is 26.0 Å². The zero-order valence-electron chi connectivity index (χ0n) is 19.6. The Bertz CT molecular complexity index is 1630. The number of halogens is 2. The second kappa shape index (κ2) is 10.3. The van der Waals surface area contributed by atoms with Crippen LogP contribution < -0.4 is 8.61 Å². The third kappa shape index (κ3) is 4.93. The van der Waals surface area contributed by atoms with Crippen molar-refractivity contribution in [2.75, 3.05) is 15.2 Å².